The van der Waals surface area contributed by atoms with Gasteiger partial charge in [-0.05, 0) is 30.3 Å². The lowest BCUT2D eigenvalue weighted by molar-refractivity contribution is -0.384. The maximum absolute atomic E-state index is 10.7. The van der Waals surface area contributed by atoms with Gasteiger partial charge >= 0.3 is 0 Å². The Labute approximate surface area is 163 Å². The zero-order valence-electron chi connectivity index (χ0n) is 14.8. The van der Waals surface area contributed by atoms with E-state index >= 15 is 0 Å². The van der Waals surface area contributed by atoms with Gasteiger partial charge in [-0.3, -0.25) is 19.5 Å². The van der Waals surface area contributed by atoms with E-state index in [0.717, 1.165) is 11.4 Å². The van der Waals surface area contributed by atoms with Crippen molar-refractivity contribution in [3.63, 3.8) is 0 Å². The predicted molar refractivity (Wildman–Crippen MR) is 106 cm³/mol. The lowest BCUT2D eigenvalue weighted by Gasteiger charge is -2.18. The molecular formula is C17H17N6O4S-. The number of nitrogens with zero attached hydrogens (tertiary/aromatic N) is 4. The maximum atomic E-state index is 10.7. The largest absolute Gasteiger partial charge is 0.760 e. The number of para-hydroxylation sites is 1. The number of non-ortho nitro benzene ring substituents is 1. The van der Waals surface area contributed by atoms with Gasteiger partial charge in [0.2, 0.25) is 5.95 Å². The Kier molecular flexibility index (Phi) is 7.51. The van der Waals surface area contributed by atoms with E-state index in [1.807, 2.05) is 42.3 Å². The molecule has 0 amide bonds. The van der Waals surface area contributed by atoms with Gasteiger partial charge in [0, 0.05) is 48.0 Å². The van der Waals surface area contributed by atoms with Crippen molar-refractivity contribution in [2.75, 3.05) is 17.3 Å². The molecule has 1 unspecified atom stereocenters. The van der Waals surface area contributed by atoms with E-state index in [1.54, 1.807) is 24.4 Å². The van der Waals surface area contributed by atoms with E-state index in [0.29, 0.717) is 11.8 Å². The minimum atomic E-state index is -2.36. The zero-order chi connectivity index (χ0) is 20.5. The Hall–Kier alpha value is -3.41. The number of aromatic nitrogens is 2. The molecule has 0 aliphatic heterocycles. The molecule has 0 fully saturated rings. The number of benzene rings is 2. The number of hydrogen-bond donors (Lipinski definition) is 2. The van der Waals surface area contributed by atoms with Crippen LogP contribution in [0, 0.1) is 10.1 Å². The van der Waals surface area contributed by atoms with Crippen molar-refractivity contribution in [2.45, 2.75) is 0 Å². The van der Waals surface area contributed by atoms with Crippen molar-refractivity contribution >= 4 is 40.1 Å². The molecule has 0 spiro atoms. The van der Waals surface area contributed by atoms with Crippen LogP contribution < -0.4 is 15.4 Å². The lowest BCUT2D eigenvalue weighted by Crippen LogP contribution is -2.12. The van der Waals surface area contributed by atoms with E-state index in [1.165, 1.54) is 12.1 Å². The molecule has 0 bridgehead atoms. The van der Waals surface area contributed by atoms with Crippen LogP contribution in [-0.4, -0.2) is 30.7 Å². The number of nitrogens with two attached hydrogens (primary N) is 1. The molecule has 2 aromatic carbocycles. The number of nitro groups is 1. The molecule has 3 aromatic rings. The Balaban J connectivity index is 0.000000640. The summed E-state index contributed by atoms with van der Waals surface area (Å²) in [6.45, 7) is 0. The molecule has 0 saturated carbocycles. The second-order valence-electron chi connectivity index (χ2n) is 5.32. The van der Waals surface area contributed by atoms with Gasteiger partial charge in [0.05, 0.1) is 4.92 Å². The van der Waals surface area contributed by atoms with Crippen LogP contribution in [0.2, 0.25) is 0 Å². The molecule has 0 saturated heterocycles. The fraction of sp³-hybridized carbons (Fsp3) is 0.0588. The molecule has 1 atom stereocenters. The number of rotatable bonds is 5. The third-order valence-corrected chi connectivity index (χ3v) is 3.46. The van der Waals surface area contributed by atoms with Crippen LogP contribution in [0.15, 0.2) is 66.9 Å². The summed E-state index contributed by atoms with van der Waals surface area (Å²) in [6.07, 6.45) is 1.66. The summed E-state index contributed by atoms with van der Waals surface area (Å²) in [5, 5.41) is 17.9. The predicted octanol–water partition coefficient (Wildman–Crippen LogP) is 2.64. The van der Waals surface area contributed by atoms with E-state index in [2.05, 4.69) is 20.4 Å². The van der Waals surface area contributed by atoms with E-state index in [-0.39, 0.29) is 5.69 Å². The molecule has 3 rings (SSSR count). The Morgan fingerprint density at radius 1 is 1.11 bits per heavy atom. The van der Waals surface area contributed by atoms with Gasteiger partial charge in [0.15, 0.2) is 0 Å². The summed E-state index contributed by atoms with van der Waals surface area (Å²) < 4.78 is 17.6. The summed E-state index contributed by atoms with van der Waals surface area (Å²) in [4.78, 5) is 20.8. The molecule has 146 valence electrons. The quantitative estimate of drug-likeness (QED) is 0.376. The summed E-state index contributed by atoms with van der Waals surface area (Å²) >= 11 is -2.36. The molecule has 0 aliphatic rings. The summed E-state index contributed by atoms with van der Waals surface area (Å²) in [6, 6.07) is 17.7. The highest BCUT2D eigenvalue weighted by Crippen LogP contribution is 2.25. The normalized spacial score (nSPS) is 11.0. The average Bonchev–Trinajstić information content (AvgIpc) is 2.68. The zero-order valence-corrected chi connectivity index (χ0v) is 15.6. The topological polar surface area (TPSA) is 150 Å². The number of hydrogen-bond acceptors (Lipinski definition) is 8. The van der Waals surface area contributed by atoms with Gasteiger partial charge in [-0.15, -0.1) is 0 Å². The van der Waals surface area contributed by atoms with Crippen molar-refractivity contribution in [1.29, 1.82) is 0 Å². The Morgan fingerprint density at radius 2 is 1.71 bits per heavy atom. The first kappa shape index (κ1) is 20.9. The first-order chi connectivity index (χ1) is 13.4. The number of anilines is 4. The fourth-order valence-electron chi connectivity index (χ4n) is 2.18. The third kappa shape index (κ3) is 6.39. The lowest BCUT2D eigenvalue weighted by atomic mass is 10.2. The molecule has 10 nitrogen and oxygen atoms in total. The first-order valence-electron chi connectivity index (χ1n) is 7.84. The van der Waals surface area contributed by atoms with E-state index < -0.39 is 16.2 Å². The molecule has 0 aliphatic carbocycles. The van der Waals surface area contributed by atoms with Gasteiger partial charge in [-0.1, -0.05) is 18.2 Å². The highest BCUT2D eigenvalue weighted by atomic mass is 32.2. The van der Waals surface area contributed by atoms with Crippen LogP contribution in [0.25, 0.3) is 0 Å². The maximum Gasteiger partial charge on any atom is 0.269 e. The Bertz CT molecular complexity index is 936. The first-order valence-corrected chi connectivity index (χ1v) is 8.97. The standard InChI is InChI=1S/C17H15N5O2.H3NO2S/c1-21(14-7-9-15(10-8-14)22(23)24)16-11-12-18-17(20-16)19-13-5-3-2-4-6-13;1-4(2)3/h2-12H,1H3,(H,18,19,20);1H2,(H,2,3)/p-1. The molecule has 11 heteroatoms. The number of nitrogens with one attached hydrogen (secondary N) is 1. The molecule has 1 aromatic heterocycles. The van der Waals surface area contributed by atoms with Crippen molar-refractivity contribution in [3.05, 3.63) is 77.0 Å². The smallest absolute Gasteiger partial charge is 0.269 e. The summed E-state index contributed by atoms with van der Waals surface area (Å²) in [5.41, 5.74) is 1.75. The Morgan fingerprint density at radius 3 is 2.29 bits per heavy atom. The van der Waals surface area contributed by atoms with Crippen molar-refractivity contribution < 1.29 is 13.7 Å². The van der Waals surface area contributed by atoms with Gasteiger partial charge in [-0.25, -0.2) is 4.98 Å². The van der Waals surface area contributed by atoms with Crippen LogP contribution in [0.4, 0.5) is 28.8 Å². The summed E-state index contributed by atoms with van der Waals surface area (Å²) in [5.74, 6) is 1.16. The second kappa shape index (κ2) is 10.1. The van der Waals surface area contributed by atoms with Crippen molar-refractivity contribution in [3.8, 4) is 0 Å². The van der Waals surface area contributed by atoms with Crippen LogP contribution in [-0.2, 0) is 11.3 Å². The van der Waals surface area contributed by atoms with Crippen molar-refractivity contribution in [2.24, 2.45) is 5.14 Å². The van der Waals surface area contributed by atoms with Gasteiger partial charge in [0.25, 0.3) is 5.69 Å². The minimum Gasteiger partial charge on any atom is -0.760 e. The van der Waals surface area contributed by atoms with Crippen LogP contribution >= 0.6 is 0 Å². The third-order valence-electron chi connectivity index (χ3n) is 3.46. The molecule has 28 heavy (non-hydrogen) atoms. The van der Waals surface area contributed by atoms with Crippen molar-refractivity contribution in [1.82, 2.24) is 9.97 Å². The van der Waals surface area contributed by atoms with Gasteiger partial charge < -0.3 is 14.8 Å². The van der Waals surface area contributed by atoms with Crippen LogP contribution in [0.1, 0.15) is 0 Å². The SMILES string of the molecule is CN(c1ccc([N+](=O)[O-])cc1)c1ccnc(Nc2ccccc2)n1.NS(=O)[O-]. The van der Waals surface area contributed by atoms with Crippen LogP contribution in [0.3, 0.4) is 0 Å². The monoisotopic (exact) mass is 401 g/mol. The minimum absolute atomic E-state index is 0.0567. The van der Waals surface area contributed by atoms with E-state index in [9.17, 15) is 10.1 Å². The second-order valence-corrected chi connectivity index (χ2v) is 5.84. The molecule has 0 radical (unpaired) electrons. The van der Waals surface area contributed by atoms with Gasteiger partial charge in [0.1, 0.15) is 5.82 Å². The number of nitro benzene ring substituents is 1. The fourth-order valence-corrected chi connectivity index (χ4v) is 2.18. The molecule has 3 N–H and O–H groups in total. The highest BCUT2D eigenvalue weighted by Gasteiger charge is 2.10. The summed E-state index contributed by atoms with van der Waals surface area (Å²) in [7, 11) is 1.84. The van der Waals surface area contributed by atoms with E-state index in [4.69, 9.17) is 8.76 Å². The van der Waals surface area contributed by atoms with Crippen LogP contribution in [0.5, 0.6) is 0 Å². The molecular weight excluding hydrogens is 384 g/mol. The molecule has 1 heterocycles. The van der Waals surface area contributed by atoms with Gasteiger partial charge in [-0.2, -0.15) is 4.98 Å². The highest BCUT2D eigenvalue weighted by molar-refractivity contribution is 7.76. The average molecular weight is 401 g/mol.